The molecule has 4 aromatic rings. The average Bonchev–Trinajstić information content (AvgIpc) is 2.87. The Morgan fingerprint density at radius 2 is 1.83 bits per heavy atom. The molecule has 8 heteroatoms. The Balaban J connectivity index is 1.80. The monoisotopic (exact) mass is 611 g/mol. The third-order valence-electron chi connectivity index (χ3n) is 5.97. The van der Waals surface area contributed by atoms with Crippen LogP contribution >= 0.6 is 31.9 Å². The second-order valence-corrected chi connectivity index (χ2v) is 10.4. The average molecular weight is 613 g/mol. The van der Waals surface area contributed by atoms with Gasteiger partial charge in [0.05, 0.1) is 24.2 Å². The molecule has 0 fully saturated rings. The molecule has 0 spiro atoms. The van der Waals surface area contributed by atoms with E-state index in [2.05, 4.69) is 43.9 Å². The maximum absolute atomic E-state index is 13.5. The van der Waals surface area contributed by atoms with E-state index in [1.165, 1.54) is 10.2 Å². The van der Waals surface area contributed by atoms with Gasteiger partial charge in [-0.3, -0.25) is 4.79 Å². The summed E-state index contributed by atoms with van der Waals surface area (Å²) in [5, 5.41) is 5.11. The molecule has 0 radical (unpaired) electrons. The largest absolute Gasteiger partial charge is 0.493 e. The maximum atomic E-state index is 13.5. The molecule has 1 heterocycles. The number of methoxy groups -OCH3 is 1. The summed E-state index contributed by atoms with van der Waals surface area (Å²) in [6, 6.07) is 17.4. The number of ether oxygens (including phenoxy) is 2. The number of hydrogen-bond donors (Lipinski definition) is 0. The van der Waals surface area contributed by atoms with Crippen LogP contribution in [-0.2, 0) is 6.61 Å². The van der Waals surface area contributed by atoms with E-state index in [1.54, 1.807) is 19.4 Å². The summed E-state index contributed by atoms with van der Waals surface area (Å²) in [6.45, 7) is 6.51. The lowest BCUT2D eigenvalue weighted by atomic mass is 10.1. The van der Waals surface area contributed by atoms with Gasteiger partial charge >= 0.3 is 0 Å². The lowest BCUT2D eigenvalue weighted by Gasteiger charge is -2.16. The van der Waals surface area contributed by atoms with E-state index >= 15 is 0 Å². The Kier molecular flexibility index (Phi) is 8.26. The number of aryl methyl sites for hydroxylation is 1. The smallest absolute Gasteiger partial charge is 0.282 e. The number of aromatic nitrogens is 2. The Morgan fingerprint density at radius 1 is 1.08 bits per heavy atom. The molecule has 36 heavy (non-hydrogen) atoms. The van der Waals surface area contributed by atoms with Gasteiger partial charge in [-0.25, -0.2) is 4.98 Å². The van der Waals surface area contributed by atoms with Crippen LogP contribution in [0.3, 0.4) is 0 Å². The van der Waals surface area contributed by atoms with E-state index in [9.17, 15) is 4.79 Å². The zero-order chi connectivity index (χ0) is 25.8. The normalized spacial score (nSPS) is 12.3. The van der Waals surface area contributed by atoms with Gasteiger partial charge in [-0.05, 0) is 49.2 Å². The van der Waals surface area contributed by atoms with Crippen molar-refractivity contribution >= 4 is 49.0 Å². The first-order chi connectivity index (χ1) is 17.3. The first-order valence-corrected chi connectivity index (χ1v) is 13.2. The third kappa shape index (κ3) is 5.71. The van der Waals surface area contributed by atoms with Crippen molar-refractivity contribution in [1.82, 2.24) is 9.66 Å². The maximum Gasteiger partial charge on any atom is 0.282 e. The zero-order valence-corrected chi connectivity index (χ0v) is 23.8. The minimum absolute atomic E-state index is 0.0391. The van der Waals surface area contributed by atoms with E-state index < -0.39 is 0 Å². The van der Waals surface area contributed by atoms with Crippen molar-refractivity contribution in [3.63, 3.8) is 0 Å². The Labute approximate surface area is 227 Å². The minimum Gasteiger partial charge on any atom is -0.493 e. The molecule has 0 N–H and O–H groups in total. The molecule has 6 nitrogen and oxygen atoms in total. The van der Waals surface area contributed by atoms with Crippen LogP contribution < -0.4 is 15.0 Å². The SMILES string of the molecule is CC[C@@H](C)c1nc2ccc(Br)cc2c(=O)n1N=Cc1cc(Br)cc(OC)c1OCc1ccc(C)cc1. The van der Waals surface area contributed by atoms with Gasteiger partial charge in [0.1, 0.15) is 12.4 Å². The molecule has 1 atom stereocenters. The second-order valence-electron chi connectivity index (χ2n) is 8.60. The summed E-state index contributed by atoms with van der Waals surface area (Å²) in [5.74, 6) is 1.75. The summed E-state index contributed by atoms with van der Waals surface area (Å²) in [5.41, 5.74) is 3.32. The Bertz CT molecular complexity index is 1480. The van der Waals surface area contributed by atoms with Gasteiger partial charge < -0.3 is 9.47 Å². The van der Waals surface area contributed by atoms with Crippen molar-refractivity contribution in [3.05, 3.63) is 96.4 Å². The van der Waals surface area contributed by atoms with E-state index in [-0.39, 0.29) is 11.5 Å². The number of hydrogen-bond acceptors (Lipinski definition) is 5. The van der Waals surface area contributed by atoms with E-state index in [0.717, 1.165) is 20.9 Å². The predicted octanol–water partition coefficient (Wildman–Crippen LogP) is 7.21. The molecule has 0 aliphatic rings. The zero-order valence-electron chi connectivity index (χ0n) is 20.6. The van der Waals surface area contributed by atoms with Gasteiger partial charge in [-0.15, -0.1) is 0 Å². The molecule has 1 aromatic heterocycles. The number of benzene rings is 3. The van der Waals surface area contributed by atoms with Crippen molar-refractivity contribution < 1.29 is 9.47 Å². The highest BCUT2D eigenvalue weighted by Gasteiger charge is 2.17. The quantitative estimate of drug-likeness (QED) is 0.197. The highest BCUT2D eigenvalue weighted by molar-refractivity contribution is 9.10. The van der Waals surface area contributed by atoms with Gasteiger partial charge in [0, 0.05) is 20.4 Å². The third-order valence-corrected chi connectivity index (χ3v) is 6.92. The minimum atomic E-state index is -0.225. The van der Waals surface area contributed by atoms with Crippen LogP contribution in [0.5, 0.6) is 11.5 Å². The van der Waals surface area contributed by atoms with Gasteiger partial charge in [-0.1, -0.05) is 75.5 Å². The molecule has 0 unspecified atom stereocenters. The lowest BCUT2D eigenvalue weighted by Crippen LogP contribution is -2.23. The fraction of sp³-hybridized carbons (Fsp3) is 0.250. The fourth-order valence-corrected chi connectivity index (χ4v) is 4.55. The summed E-state index contributed by atoms with van der Waals surface area (Å²) >= 11 is 6.99. The van der Waals surface area contributed by atoms with Crippen LogP contribution in [-0.4, -0.2) is 23.0 Å². The molecule has 0 aliphatic heterocycles. The van der Waals surface area contributed by atoms with Crippen LogP contribution in [0.15, 0.2) is 73.4 Å². The lowest BCUT2D eigenvalue weighted by molar-refractivity contribution is 0.284. The number of fused-ring (bicyclic) bond motifs is 1. The van der Waals surface area contributed by atoms with E-state index in [4.69, 9.17) is 14.5 Å². The number of nitrogens with zero attached hydrogens (tertiary/aromatic N) is 3. The standard InChI is InChI=1S/C28H27Br2N3O3/c1-5-18(3)27-32-24-11-10-21(29)13-23(24)28(34)33(27)31-15-20-12-22(30)14-25(35-4)26(20)36-16-19-8-6-17(2)7-9-19/h6-15,18H,5,16H2,1-4H3/t18-/m1/s1. The van der Waals surface area contributed by atoms with Gasteiger partial charge in [0.15, 0.2) is 11.5 Å². The molecule has 0 saturated carbocycles. The number of halogens is 2. The molecular weight excluding hydrogens is 586 g/mol. The molecule has 0 bridgehead atoms. The highest BCUT2D eigenvalue weighted by Crippen LogP contribution is 2.35. The van der Waals surface area contributed by atoms with Crippen LogP contribution in [0.4, 0.5) is 0 Å². The molecule has 186 valence electrons. The second kappa shape index (κ2) is 11.4. The highest BCUT2D eigenvalue weighted by atomic mass is 79.9. The Morgan fingerprint density at radius 3 is 2.53 bits per heavy atom. The van der Waals surface area contributed by atoms with Crippen LogP contribution in [0.2, 0.25) is 0 Å². The van der Waals surface area contributed by atoms with Gasteiger partial charge in [0.25, 0.3) is 5.56 Å². The van der Waals surface area contributed by atoms with Crippen molar-refractivity contribution in [2.45, 2.75) is 39.7 Å². The van der Waals surface area contributed by atoms with Crippen LogP contribution in [0.25, 0.3) is 10.9 Å². The molecule has 0 aliphatic carbocycles. The Hall–Kier alpha value is -2.97. The fourth-order valence-electron chi connectivity index (χ4n) is 3.73. The van der Waals surface area contributed by atoms with E-state index in [1.807, 2.05) is 62.4 Å². The molecule has 4 rings (SSSR count). The first kappa shape index (κ1) is 26.1. The van der Waals surface area contributed by atoms with Crippen LogP contribution in [0, 0.1) is 6.92 Å². The van der Waals surface area contributed by atoms with Crippen LogP contribution in [0.1, 0.15) is 48.7 Å². The predicted molar refractivity (Wildman–Crippen MR) is 152 cm³/mol. The van der Waals surface area contributed by atoms with E-state index in [0.29, 0.717) is 40.4 Å². The molecular formula is C28H27Br2N3O3. The van der Waals surface area contributed by atoms with Crippen molar-refractivity contribution in [1.29, 1.82) is 0 Å². The molecule has 0 amide bonds. The summed E-state index contributed by atoms with van der Waals surface area (Å²) < 4.78 is 14.8. The van der Waals surface area contributed by atoms with Gasteiger partial charge in [-0.2, -0.15) is 9.78 Å². The van der Waals surface area contributed by atoms with Crippen molar-refractivity contribution in [3.8, 4) is 11.5 Å². The van der Waals surface area contributed by atoms with Crippen molar-refractivity contribution in [2.75, 3.05) is 7.11 Å². The van der Waals surface area contributed by atoms with Crippen molar-refractivity contribution in [2.24, 2.45) is 5.10 Å². The van der Waals surface area contributed by atoms with Gasteiger partial charge in [0.2, 0.25) is 0 Å². The summed E-state index contributed by atoms with van der Waals surface area (Å²) in [6.07, 6.45) is 2.44. The molecule has 3 aromatic carbocycles. The number of rotatable bonds is 8. The topological polar surface area (TPSA) is 65.7 Å². The molecule has 0 saturated heterocycles. The summed E-state index contributed by atoms with van der Waals surface area (Å²) in [4.78, 5) is 18.3. The summed E-state index contributed by atoms with van der Waals surface area (Å²) in [7, 11) is 1.60. The first-order valence-electron chi connectivity index (χ1n) is 11.6.